The molecule has 2 rings (SSSR count). The lowest BCUT2D eigenvalue weighted by Crippen LogP contribution is -2.49. The highest BCUT2D eigenvalue weighted by molar-refractivity contribution is 5.76. The summed E-state index contributed by atoms with van der Waals surface area (Å²) in [6.45, 7) is 2.42. The van der Waals surface area contributed by atoms with E-state index in [2.05, 4.69) is 4.90 Å². The van der Waals surface area contributed by atoms with E-state index in [1.807, 2.05) is 24.3 Å². The number of hydrogen-bond donors (Lipinski definition) is 0. The van der Waals surface area contributed by atoms with Gasteiger partial charge in [0.05, 0.1) is 7.11 Å². The van der Waals surface area contributed by atoms with Crippen molar-refractivity contribution in [3.8, 4) is 5.75 Å². The summed E-state index contributed by atoms with van der Waals surface area (Å²) in [5, 5.41) is 0. The van der Waals surface area contributed by atoms with Crippen LogP contribution in [0, 0.1) is 0 Å². The van der Waals surface area contributed by atoms with Crippen molar-refractivity contribution in [3.63, 3.8) is 0 Å². The molecular formula is C15H19F3N2O2. The van der Waals surface area contributed by atoms with Crippen molar-refractivity contribution in [2.45, 2.75) is 19.1 Å². The van der Waals surface area contributed by atoms with E-state index in [0.29, 0.717) is 32.7 Å². The van der Waals surface area contributed by atoms with Crippen molar-refractivity contribution in [1.82, 2.24) is 9.80 Å². The van der Waals surface area contributed by atoms with Crippen LogP contribution < -0.4 is 4.74 Å². The first-order valence-electron chi connectivity index (χ1n) is 7.08. The van der Waals surface area contributed by atoms with Crippen LogP contribution in [0.3, 0.4) is 0 Å². The molecule has 0 N–H and O–H groups in total. The highest BCUT2D eigenvalue weighted by atomic mass is 19.4. The number of nitrogens with zero attached hydrogens (tertiary/aromatic N) is 2. The molecular weight excluding hydrogens is 297 g/mol. The second-order valence-electron chi connectivity index (χ2n) is 5.26. The average Bonchev–Trinajstić information content (AvgIpc) is 2.47. The van der Waals surface area contributed by atoms with Gasteiger partial charge < -0.3 is 9.64 Å². The highest BCUT2D eigenvalue weighted by Gasteiger charge is 2.34. The Morgan fingerprint density at radius 1 is 1.18 bits per heavy atom. The topological polar surface area (TPSA) is 32.8 Å². The molecule has 0 saturated carbocycles. The Labute approximate surface area is 127 Å². The summed E-state index contributed by atoms with van der Waals surface area (Å²) < 4.78 is 42.0. The molecule has 0 spiro atoms. The number of carbonyl (C=O) groups is 1. The number of piperazine rings is 1. The predicted molar refractivity (Wildman–Crippen MR) is 75.5 cm³/mol. The molecule has 1 aromatic rings. The number of benzene rings is 1. The minimum atomic E-state index is -4.44. The van der Waals surface area contributed by atoms with E-state index < -0.39 is 18.5 Å². The second kappa shape index (κ2) is 7.00. The Morgan fingerprint density at radius 3 is 2.41 bits per heavy atom. The highest BCUT2D eigenvalue weighted by Crippen LogP contribution is 2.22. The zero-order chi connectivity index (χ0) is 16.2. The monoisotopic (exact) mass is 316 g/mol. The van der Waals surface area contributed by atoms with Crippen LogP contribution in [0.2, 0.25) is 0 Å². The van der Waals surface area contributed by atoms with Crippen LogP contribution in [0.15, 0.2) is 24.3 Å². The van der Waals surface area contributed by atoms with E-state index in [-0.39, 0.29) is 0 Å². The Morgan fingerprint density at radius 2 is 1.82 bits per heavy atom. The lowest BCUT2D eigenvalue weighted by molar-refractivity contribution is -0.162. The summed E-state index contributed by atoms with van der Waals surface area (Å²) >= 11 is 0. The number of rotatable bonds is 4. The van der Waals surface area contributed by atoms with Gasteiger partial charge in [0.15, 0.2) is 0 Å². The number of para-hydroxylation sites is 1. The van der Waals surface area contributed by atoms with Gasteiger partial charge in [-0.25, -0.2) is 0 Å². The molecule has 0 aromatic heterocycles. The fourth-order valence-corrected chi connectivity index (χ4v) is 2.51. The molecule has 0 atom stereocenters. The summed E-state index contributed by atoms with van der Waals surface area (Å²) in [7, 11) is 1.60. The van der Waals surface area contributed by atoms with Crippen molar-refractivity contribution in [2.24, 2.45) is 0 Å². The lowest BCUT2D eigenvalue weighted by Gasteiger charge is -2.35. The number of ether oxygens (including phenoxy) is 1. The quantitative estimate of drug-likeness (QED) is 0.854. The molecule has 7 heteroatoms. The summed E-state index contributed by atoms with van der Waals surface area (Å²) in [5.41, 5.74) is 1.03. The molecule has 0 radical (unpaired) electrons. The van der Waals surface area contributed by atoms with Crippen LogP contribution >= 0.6 is 0 Å². The average molecular weight is 316 g/mol. The molecule has 4 nitrogen and oxygen atoms in total. The van der Waals surface area contributed by atoms with Gasteiger partial charge in [0.25, 0.3) is 0 Å². The maximum atomic E-state index is 12.2. The molecule has 1 amide bonds. The van der Waals surface area contributed by atoms with Crippen LogP contribution in [0.4, 0.5) is 13.2 Å². The van der Waals surface area contributed by atoms with Gasteiger partial charge in [-0.15, -0.1) is 0 Å². The Bertz CT molecular complexity index is 512. The largest absolute Gasteiger partial charge is 0.496 e. The summed E-state index contributed by atoms with van der Waals surface area (Å²) in [5.74, 6) is -0.0532. The molecule has 22 heavy (non-hydrogen) atoms. The molecule has 1 aliphatic heterocycles. The van der Waals surface area contributed by atoms with Crippen molar-refractivity contribution >= 4 is 5.91 Å². The Balaban J connectivity index is 1.86. The summed E-state index contributed by atoms with van der Waals surface area (Å²) in [4.78, 5) is 14.9. The number of halogens is 3. The number of alkyl halides is 3. The van der Waals surface area contributed by atoms with Gasteiger partial charge in [0, 0.05) is 38.3 Å². The van der Waals surface area contributed by atoms with Gasteiger partial charge in [0.2, 0.25) is 5.91 Å². The first kappa shape index (κ1) is 16.6. The molecule has 0 aliphatic carbocycles. The standard InChI is InChI=1S/C15H19F3N2O2/c1-22-13-5-3-2-4-12(13)11-19-6-8-20(9-7-19)14(21)10-15(16,17)18/h2-5H,6-11H2,1H3. The maximum Gasteiger partial charge on any atom is 0.397 e. The minimum absolute atomic E-state index is 0.323. The zero-order valence-electron chi connectivity index (χ0n) is 12.4. The third kappa shape index (κ3) is 4.62. The first-order valence-corrected chi connectivity index (χ1v) is 7.08. The zero-order valence-corrected chi connectivity index (χ0v) is 12.4. The summed E-state index contributed by atoms with van der Waals surface area (Å²) in [6, 6.07) is 7.63. The van der Waals surface area contributed by atoms with Crippen LogP contribution in [-0.4, -0.2) is 55.2 Å². The van der Waals surface area contributed by atoms with Crippen molar-refractivity contribution in [2.75, 3.05) is 33.3 Å². The molecule has 1 heterocycles. The van der Waals surface area contributed by atoms with Gasteiger partial charge in [-0.1, -0.05) is 18.2 Å². The molecule has 1 fully saturated rings. The number of methoxy groups -OCH3 is 1. The van der Waals surface area contributed by atoms with Crippen molar-refractivity contribution < 1.29 is 22.7 Å². The molecule has 0 unspecified atom stereocenters. The predicted octanol–water partition coefficient (Wildman–Crippen LogP) is 2.29. The number of hydrogen-bond acceptors (Lipinski definition) is 3. The fraction of sp³-hybridized carbons (Fsp3) is 0.533. The second-order valence-corrected chi connectivity index (χ2v) is 5.26. The van der Waals surface area contributed by atoms with Gasteiger partial charge in [-0.2, -0.15) is 13.2 Å². The van der Waals surface area contributed by atoms with Crippen molar-refractivity contribution in [3.05, 3.63) is 29.8 Å². The normalized spacial score (nSPS) is 16.6. The maximum absolute atomic E-state index is 12.2. The molecule has 122 valence electrons. The molecule has 1 saturated heterocycles. The van der Waals surface area contributed by atoms with Gasteiger partial charge >= 0.3 is 6.18 Å². The SMILES string of the molecule is COc1ccccc1CN1CCN(C(=O)CC(F)(F)F)CC1. The third-order valence-corrected chi connectivity index (χ3v) is 3.66. The summed E-state index contributed by atoms with van der Waals surface area (Å²) in [6.07, 6.45) is -5.81. The third-order valence-electron chi connectivity index (χ3n) is 3.66. The van der Waals surface area contributed by atoms with Crippen molar-refractivity contribution in [1.29, 1.82) is 0 Å². The molecule has 0 bridgehead atoms. The van der Waals surface area contributed by atoms with E-state index in [1.165, 1.54) is 4.90 Å². The van der Waals surface area contributed by atoms with E-state index in [1.54, 1.807) is 7.11 Å². The first-order chi connectivity index (χ1) is 10.4. The van der Waals surface area contributed by atoms with E-state index in [0.717, 1.165) is 11.3 Å². The fourth-order valence-electron chi connectivity index (χ4n) is 2.51. The minimum Gasteiger partial charge on any atom is -0.496 e. The van der Waals surface area contributed by atoms with Crippen LogP contribution in [0.25, 0.3) is 0 Å². The lowest BCUT2D eigenvalue weighted by atomic mass is 10.1. The molecule has 1 aromatic carbocycles. The van der Waals surface area contributed by atoms with Gasteiger partial charge in [-0.3, -0.25) is 9.69 Å². The van der Waals surface area contributed by atoms with Crippen LogP contribution in [-0.2, 0) is 11.3 Å². The Hall–Kier alpha value is -1.76. The number of amides is 1. The van der Waals surface area contributed by atoms with Crippen LogP contribution in [0.5, 0.6) is 5.75 Å². The Kier molecular flexibility index (Phi) is 5.28. The van der Waals surface area contributed by atoms with Crippen LogP contribution in [0.1, 0.15) is 12.0 Å². The van der Waals surface area contributed by atoms with Gasteiger partial charge in [0.1, 0.15) is 12.2 Å². The van der Waals surface area contributed by atoms with Gasteiger partial charge in [-0.05, 0) is 6.07 Å². The van der Waals surface area contributed by atoms with E-state index in [4.69, 9.17) is 4.74 Å². The van der Waals surface area contributed by atoms with E-state index in [9.17, 15) is 18.0 Å². The number of carbonyl (C=O) groups excluding carboxylic acids is 1. The smallest absolute Gasteiger partial charge is 0.397 e. The molecule has 1 aliphatic rings. The van der Waals surface area contributed by atoms with E-state index >= 15 is 0 Å².